The molecular formula is C20H34O3. The van der Waals surface area contributed by atoms with Gasteiger partial charge in [0, 0.05) is 13.2 Å². The van der Waals surface area contributed by atoms with Crippen LogP contribution in [0.15, 0.2) is 36.5 Å². The Morgan fingerprint density at radius 2 is 1.96 bits per heavy atom. The van der Waals surface area contributed by atoms with Gasteiger partial charge in [0.15, 0.2) is 0 Å². The third kappa shape index (κ3) is 11.8. The summed E-state index contributed by atoms with van der Waals surface area (Å²) in [5.41, 5.74) is 0.872. The van der Waals surface area contributed by atoms with Gasteiger partial charge in [-0.3, -0.25) is 0 Å². The number of carbonyl (C=O) groups is 1. The van der Waals surface area contributed by atoms with E-state index in [4.69, 9.17) is 9.47 Å². The lowest BCUT2D eigenvalue weighted by atomic mass is 9.95. The Hall–Kier alpha value is -1.35. The summed E-state index contributed by atoms with van der Waals surface area (Å²) in [6.45, 7) is 13.8. The van der Waals surface area contributed by atoms with Gasteiger partial charge in [0.25, 0.3) is 0 Å². The van der Waals surface area contributed by atoms with E-state index in [2.05, 4.69) is 33.4 Å². The lowest BCUT2D eigenvalue weighted by Gasteiger charge is -2.23. The second-order valence-corrected chi connectivity index (χ2v) is 6.87. The molecule has 0 heterocycles. The zero-order valence-electron chi connectivity index (χ0n) is 15.7. The highest BCUT2D eigenvalue weighted by Gasteiger charge is 2.15. The van der Waals surface area contributed by atoms with Crippen LogP contribution in [-0.2, 0) is 14.3 Å². The van der Waals surface area contributed by atoms with Crippen LogP contribution in [0.25, 0.3) is 0 Å². The van der Waals surface area contributed by atoms with Crippen LogP contribution in [0.4, 0.5) is 0 Å². The Balaban J connectivity index is 4.11. The third-order valence-electron chi connectivity index (χ3n) is 3.93. The molecule has 3 nitrogen and oxygen atoms in total. The summed E-state index contributed by atoms with van der Waals surface area (Å²) in [4.78, 5) is 11.6. The van der Waals surface area contributed by atoms with Gasteiger partial charge >= 0.3 is 5.97 Å². The Bertz CT molecular complexity index is 419. The molecule has 23 heavy (non-hydrogen) atoms. The van der Waals surface area contributed by atoms with Crippen LogP contribution in [0, 0.1) is 5.92 Å². The summed E-state index contributed by atoms with van der Waals surface area (Å²) >= 11 is 0. The van der Waals surface area contributed by atoms with Gasteiger partial charge in [0.05, 0.1) is 5.60 Å². The molecule has 0 bridgehead atoms. The molecule has 0 spiro atoms. The van der Waals surface area contributed by atoms with Crippen molar-refractivity contribution in [3.63, 3.8) is 0 Å². The molecule has 0 aliphatic heterocycles. The van der Waals surface area contributed by atoms with E-state index in [9.17, 15) is 4.79 Å². The number of methoxy groups -OCH3 is 1. The molecule has 0 aromatic heterocycles. The van der Waals surface area contributed by atoms with E-state index in [1.807, 2.05) is 13.0 Å². The highest BCUT2D eigenvalue weighted by molar-refractivity contribution is 5.83. The SMILES string of the molecule is C=CC(C)OC(=O)/C=C(C)/C=C/CC(C)CCCC(C)(C)OC. The molecule has 2 atom stereocenters. The predicted molar refractivity (Wildman–Crippen MR) is 97.4 cm³/mol. The number of allylic oxidation sites excluding steroid dienone is 3. The minimum atomic E-state index is -0.325. The minimum Gasteiger partial charge on any atom is -0.455 e. The lowest BCUT2D eigenvalue weighted by Crippen LogP contribution is -2.22. The van der Waals surface area contributed by atoms with E-state index >= 15 is 0 Å². The molecule has 2 unspecified atom stereocenters. The molecule has 3 heteroatoms. The second kappa shape index (κ2) is 11.2. The van der Waals surface area contributed by atoms with Gasteiger partial charge in [0.2, 0.25) is 0 Å². The summed E-state index contributed by atoms with van der Waals surface area (Å²) in [7, 11) is 1.77. The molecular weight excluding hydrogens is 288 g/mol. The summed E-state index contributed by atoms with van der Waals surface area (Å²) in [5.74, 6) is 0.300. The zero-order valence-corrected chi connectivity index (χ0v) is 15.7. The molecule has 0 saturated carbocycles. The molecule has 0 aromatic carbocycles. The van der Waals surface area contributed by atoms with Crippen molar-refractivity contribution in [1.82, 2.24) is 0 Å². The second-order valence-electron chi connectivity index (χ2n) is 6.87. The quantitative estimate of drug-likeness (QED) is 0.226. The maximum absolute atomic E-state index is 11.6. The number of hydrogen-bond acceptors (Lipinski definition) is 3. The standard InChI is InChI=1S/C20H34O3/c1-8-18(4)23-19(21)15-17(3)12-9-11-16(2)13-10-14-20(5,6)22-7/h8-9,12,15-16,18H,1,10-11,13-14H2,2-7H3/b12-9+,17-15+. The molecule has 0 rings (SSSR count). The Kier molecular flexibility index (Phi) is 10.6. The average molecular weight is 322 g/mol. The van der Waals surface area contributed by atoms with Gasteiger partial charge in [-0.15, -0.1) is 0 Å². The van der Waals surface area contributed by atoms with Gasteiger partial charge in [-0.2, -0.15) is 0 Å². The van der Waals surface area contributed by atoms with Crippen LogP contribution in [-0.4, -0.2) is 24.8 Å². The molecule has 0 aliphatic rings. The maximum Gasteiger partial charge on any atom is 0.331 e. The van der Waals surface area contributed by atoms with Crippen LogP contribution in [0.2, 0.25) is 0 Å². The van der Waals surface area contributed by atoms with Crippen molar-refractivity contribution in [3.05, 3.63) is 36.5 Å². The first-order valence-electron chi connectivity index (χ1n) is 8.43. The molecule has 0 radical (unpaired) electrons. The van der Waals surface area contributed by atoms with E-state index in [0.717, 1.165) is 24.8 Å². The first kappa shape index (κ1) is 21.6. The summed E-state index contributed by atoms with van der Waals surface area (Å²) in [5, 5.41) is 0. The molecule has 0 saturated heterocycles. The van der Waals surface area contributed by atoms with Crippen molar-refractivity contribution in [1.29, 1.82) is 0 Å². The van der Waals surface area contributed by atoms with Crippen molar-refractivity contribution < 1.29 is 14.3 Å². The van der Waals surface area contributed by atoms with E-state index in [-0.39, 0.29) is 17.7 Å². The van der Waals surface area contributed by atoms with Crippen molar-refractivity contribution >= 4 is 5.97 Å². The minimum absolute atomic E-state index is 0.0299. The van der Waals surface area contributed by atoms with Gasteiger partial charge in [-0.25, -0.2) is 4.79 Å². The van der Waals surface area contributed by atoms with Gasteiger partial charge in [-0.05, 0) is 52.0 Å². The normalized spacial score (nSPS) is 15.5. The monoisotopic (exact) mass is 322 g/mol. The zero-order chi connectivity index (χ0) is 17.9. The largest absolute Gasteiger partial charge is 0.455 e. The van der Waals surface area contributed by atoms with E-state index in [1.54, 1.807) is 20.1 Å². The van der Waals surface area contributed by atoms with Crippen molar-refractivity contribution in [3.8, 4) is 0 Å². The van der Waals surface area contributed by atoms with E-state index in [1.165, 1.54) is 12.5 Å². The first-order valence-corrected chi connectivity index (χ1v) is 8.43. The van der Waals surface area contributed by atoms with Gasteiger partial charge in [-0.1, -0.05) is 44.6 Å². The van der Waals surface area contributed by atoms with Crippen LogP contribution in [0.5, 0.6) is 0 Å². The average Bonchev–Trinajstić information content (AvgIpc) is 2.46. The maximum atomic E-state index is 11.6. The topological polar surface area (TPSA) is 35.5 Å². The molecule has 132 valence electrons. The fourth-order valence-corrected chi connectivity index (χ4v) is 2.08. The van der Waals surface area contributed by atoms with Gasteiger partial charge < -0.3 is 9.47 Å². The molecule has 0 fully saturated rings. The van der Waals surface area contributed by atoms with Crippen molar-refractivity contribution in [2.75, 3.05) is 7.11 Å². The molecule has 0 amide bonds. The van der Waals surface area contributed by atoms with Crippen LogP contribution in [0.1, 0.15) is 60.3 Å². The van der Waals surface area contributed by atoms with Crippen LogP contribution >= 0.6 is 0 Å². The first-order chi connectivity index (χ1) is 10.7. The van der Waals surface area contributed by atoms with Crippen molar-refractivity contribution in [2.24, 2.45) is 5.92 Å². The highest BCUT2D eigenvalue weighted by Crippen LogP contribution is 2.20. The Morgan fingerprint density at radius 1 is 1.30 bits per heavy atom. The Labute approximate surface area is 142 Å². The number of ether oxygens (including phenoxy) is 2. The fraction of sp³-hybridized carbons (Fsp3) is 0.650. The smallest absolute Gasteiger partial charge is 0.331 e. The molecule has 0 aliphatic carbocycles. The van der Waals surface area contributed by atoms with E-state index in [0.29, 0.717) is 5.92 Å². The Morgan fingerprint density at radius 3 is 2.52 bits per heavy atom. The summed E-state index contributed by atoms with van der Waals surface area (Å²) in [6.07, 6.45) is 11.4. The molecule has 0 N–H and O–H groups in total. The number of rotatable bonds is 11. The van der Waals surface area contributed by atoms with E-state index < -0.39 is 0 Å². The number of carbonyl (C=O) groups excluding carboxylic acids is 1. The lowest BCUT2D eigenvalue weighted by molar-refractivity contribution is -0.140. The number of esters is 1. The van der Waals surface area contributed by atoms with Crippen LogP contribution < -0.4 is 0 Å². The summed E-state index contributed by atoms with van der Waals surface area (Å²) in [6, 6.07) is 0. The predicted octanol–water partition coefficient (Wildman–Crippen LogP) is 5.23. The van der Waals surface area contributed by atoms with Crippen LogP contribution in [0.3, 0.4) is 0 Å². The number of hydrogen-bond donors (Lipinski definition) is 0. The fourth-order valence-electron chi connectivity index (χ4n) is 2.08. The highest BCUT2D eigenvalue weighted by atomic mass is 16.5. The van der Waals surface area contributed by atoms with Crippen molar-refractivity contribution in [2.45, 2.75) is 72.0 Å². The third-order valence-corrected chi connectivity index (χ3v) is 3.93. The molecule has 0 aromatic rings. The van der Waals surface area contributed by atoms with Gasteiger partial charge in [0.1, 0.15) is 6.10 Å². The summed E-state index contributed by atoms with van der Waals surface area (Å²) < 4.78 is 10.5.